The van der Waals surface area contributed by atoms with Crippen molar-refractivity contribution in [2.45, 2.75) is 6.18 Å². The van der Waals surface area contributed by atoms with Gasteiger partial charge in [-0.05, 0) is 36.4 Å². The molecule has 0 aliphatic carbocycles. The third kappa shape index (κ3) is 5.53. The van der Waals surface area contributed by atoms with Gasteiger partial charge in [-0.25, -0.2) is 4.79 Å². The number of para-hydroxylation sites is 1. The van der Waals surface area contributed by atoms with E-state index in [1.807, 2.05) is 0 Å². The number of halogens is 5. The van der Waals surface area contributed by atoms with Crippen LogP contribution in [0.2, 0.25) is 10.0 Å². The summed E-state index contributed by atoms with van der Waals surface area (Å²) in [5.74, 6) is -0.620. The number of alkyl halides is 3. The van der Waals surface area contributed by atoms with E-state index < -0.39 is 30.2 Å². The molecular formula is C16H12Cl2F3N3O2. The van der Waals surface area contributed by atoms with Crippen molar-refractivity contribution >= 4 is 46.5 Å². The number of rotatable bonds is 4. The lowest BCUT2D eigenvalue weighted by molar-refractivity contribution is -0.137. The number of nitrogens with one attached hydrogen (secondary N) is 3. The Morgan fingerprint density at radius 1 is 0.923 bits per heavy atom. The summed E-state index contributed by atoms with van der Waals surface area (Å²) in [6, 6.07) is 7.85. The number of amides is 3. The lowest BCUT2D eigenvalue weighted by atomic mass is 10.2. The fourth-order valence-electron chi connectivity index (χ4n) is 1.88. The van der Waals surface area contributed by atoms with Gasteiger partial charge in [0.15, 0.2) is 0 Å². The molecule has 138 valence electrons. The molecule has 0 saturated carbocycles. The second kappa shape index (κ2) is 8.29. The maximum Gasteiger partial charge on any atom is 0.416 e. The van der Waals surface area contributed by atoms with Gasteiger partial charge in [0.2, 0.25) is 5.91 Å². The fraction of sp³-hybridized carbons (Fsp3) is 0.125. The van der Waals surface area contributed by atoms with Gasteiger partial charge in [-0.1, -0.05) is 29.3 Å². The molecule has 2 aromatic rings. The monoisotopic (exact) mass is 405 g/mol. The Bertz CT molecular complexity index is 791. The molecule has 0 atom stereocenters. The second-order valence-corrected chi connectivity index (χ2v) is 5.84. The van der Waals surface area contributed by atoms with Crippen molar-refractivity contribution in [3.05, 3.63) is 58.1 Å². The molecule has 0 heterocycles. The fourth-order valence-corrected chi connectivity index (χ4v) is 2.38. The quantitative estimate of drug-likeness (QED) is 0.685. The number of anilines is 2. The minimum absolute atomic E-state index is 0.166. The molecule has 0 bridgehead atoms. The minimum atomic E-state index is -4.46. The molecule has 0 saturated heterocycles. The van der Waals surface area contributed by atoms with Crippen LogP contribution in [0.15, 0.2) is 42.5 Å². The normalized spacial score (nSPS) is 11.0. The van der Waals surface area contributed by atoms with E-state index in [1.54, 1.807) is 6.07 Å². The van der Waals surface area contributed by atoms with Crippen molar-refractivity contribution in [1.82, 2.24) is 5.32 Å². The van der Waals surface area contributed by atoms with Crippen LogP contribution in [-0.2, 0) is 11.0 Å². The van der Waals surface area contributed by atoms with E-state index in [9.17, 15) is 22.8 Å². The largest absolute Gasteiger partial charge is 0.416 e. The van der Waals surface area contributed by atoms with E-state index in [-0.39, 0.29) is 21.4 Å². The molecule has 3 amide bonds. The molecule has 0 spiro atoms. The molecule has 5 nitrogen and oxygen atoms in total. The summed E-state index contributed by atoms with van der Waals surface area (Å²) >= 11 is 11.8. The molecule has 0 unspecified atom stereocenters. The van der Waals surface area contributed by atoms with Crippen molar-refractivity contribution in [3.8, 4) is 0 Å². The predicted molar refractivity (Wildman–Crippen MR) is 93.6 cm³/mol. The standard InChI is InChI=1S/C16H12Cl2F3N3O2/c17-11-2-1-3-12(18)14(11)24-15(26)22-8-13(25)23-10-6-4-9(5-7-10)16(19,20)21/h1-7H,8H2,(H,23,25)(H2,22,24,26). The van der Waals surface area contributed by atoms with E-state index in [0.717, 1.165) is 24.3 Å². The average molecular weight is 406 g/mol. The number of hydrogen-bond donors (Lipinski definition) is 3. The molecule has 0 aromatic heterocycles. The van der Waals surface area contributed by atoms with Crippen LogP contribution < -0.4 is 16.0 Å². The molecule has 0 radical (unpaired) electrons. The first-order valence-electron chi connectivity index (χ1n) is 7.13. The van der Waals surface area contributed by atoms with Crippen LogP contribution in [0.5, 0.6) is 0 Å². The molecule has 0 aliphatic rings. The number of urea groups is 1. The van der Waals surface area contributed by atoms with Crippen LogP contribution in [0.25, 0.3) is 0 Å². The van der Waals surface area contributed by atoms with Gasteiger partial charge in [-0.2, -0.15) is 13.2 Å². The third-order valence-corrected chi connectivity index (χ3v) is 3.74. The van der Waals surface area contributed by atoms with Crippen molar-refractivity contribution in [2.24, 2.45) is 0 Å². The number of carbonyl (C=O) groups excluding carboxylic acids is 2. The van der Waals surface area contributed by atoms with Crippen LogP contribution in [-0.4, -0.2) is 18.5 Å². The highest BCUT2D eigenvalue weighted by atomic mass is 35.5. The molecule has 0 aliphatic heterocycles. The Kier molecular flexibility index (Phi) is 6.33. The topological polar surface area (TPSA) is 70.2 Å². The maximum absolute atomic E-state index is 12.5. The Hall–Kier alpha value is -2.45. The first-order valence-corrected chi connectivity index (χ1v) is 7.88. The molecule has 3 N–H and O–H groups in total. The lowest BCUT2D eigenvalue weighted by Crippen LogP contribution is -2.35. The molecular weight excluding hydrogens is 394 g/mol. The van der Waals surface area contributed by atoms with Crippen LogP contribution in [0.1, 0.15) is 5.56 Å². The van der Waals surface area contributed by atoms with Gasteiger partial charge in [-0.15, -0.1) is 0 Å². The smallest absolute Gasteiger partial charge is 0.329 e. The zero-order chi connectivity index (χ0) is 19.3. The number of hydrogen-bond acceptors (Lipinski definition) is 2. The highest BCUT2D eigenvalue weighted by molar-refractivity contribution is 6.39. The van der Waals surface area contributed by atoms with E-state index >= 15 is 0 Å². The third-order valence-electron chi connectivity index (χ3n) is 3.11. The summed E-state index contributed by atoms with van der Waals surface area (Å²) in [6.45, 7) is -0.408. The second-order valence-electron chi connectivity index (χ2n) is 5.03. The van der Waals surface area contributed by atoms with Crippen molar-refractivity contribution in [1.29, 1.82) is 0 Å². The highest BCUT2D eigenvalue weighted by Crippen LogP contribution is 2.30. The Morgan fingerprint density at radius 3 is 2.04 bits per heavy atom. The number of benzene rings is 2. The molecule has 10 heteroatoms. The maximum atomic E-state index is 12.5. The van der Waals surface area contributed by atoms with Gasteiger partial charge < -0.3 is 16.0 Å². The zero-order valence-corrected chi connectivity index (χ0v) is 14.5. The zero-order valence-electron chi connectivity index (χ0n) is 13.0. The molecule has 2 aromatic carbocycles. The molecule has 26 heavy (non-hydrogen) atoms. The lowest BCUT2D eigenvalue weighted by Gasteiger charge is -2.11. The van der Waals surface area contributed by atoms with E-state index in [0.29, 0.717) is 0 Å². The first kappa shape index (κ1) is 19.9. The molecule has 2 rings (SSSR count). The predicted octanol–water partition coefficient (Wildman–Crippen LogP) is 4.77. The van der Waals surface area contributed by atoms with Gasteiger partial charge in [0.05, 0.1) is 27.8 Å². The van der Waals surface area contributed by atoms with Crippen LogP contribution in [0.4, 0.5) is 29.3 Å². The molecule has 0 fully saturated rings. The van der Waals surface area contributed by atoms with E-state index in [4.69, 9.17) is 23.2 Å². The summed E-state index contributed by atoms with van der Waals surface area (Å²) in [6.07, 6.45) is -4.46. The van der Waals surface area contributed by atoms with Gasteiger partial charge in [-0.3, -0.25) is 4.79 Å². The summed E-state index contributed by atoms with van der Waals surface area (Å²) in [7, 11) is 0. The van der Waals surface area contributed by atoms with Crippen LogP contribution >= 0.6 is 23.2 Å². The van der Waals surface area contributed by atoms with Crippen molar-refractivity contribution in [2.75, 3.05) is 17.2 Å². The summed E-state index contributed by atoms with van der Waals surface area (Å²) in [4.78, 5) is 23.5. The number of carbonyl (C=O) groups is 2. The Labute approximate surface area is 156 Å². The van der Waals surface area contributed by atoms with E-state index in [2.05, 4.69) is 16.0 Å². The summed E-state index contributed by atoms with van der Waals surface area (Å²) in [5, 5.41) is 7.49. The average Bonchev–Trinajstić information content (AvgIpc) is 2.56. The Balaban J connectivity index is 1.86. The minimum Gasteiger partial charge on any atom is -0.329 e. The Morgan fingerprint density at radius 2 is 1.50 bits per heavy atom. The van der Waals surface area contributed by atoms with Gasteiger partial charge in [0.25, 0.3) is 0 Å². The van der Waals surface area contributed by atoms with Crippen LogP contribution in [0.3, 0.4) is 0 Å². The van der Waals surface area contributed by atoms with Gasteiger partial charge in [0, 0.05) is 5.69 Å². The first-order chi connectivity index (χ1) is 12.2. The van der Waals surface area contributed by atoms with Crippen LogP contribution in [0, 0.1) is 0 Å². The summed E-state index contributed by atoms with van der Waals surface area (Å²) in [5.41, 5.74) is -0.472. The van der Waals surface area contributed by atoms with Gasteiger partial charge >= 0.3 is 12.2 Å². The van der Waals surface area contributed by atoms with E-state index in [1.165, 1.54) is 12.1 Å². The SMILES string of the molecule is O=C(CNC(=O)Nc1c(Cl)cccc1Cl)Nc1ccc(C(F)(F)F)cc1. The summed E-state index contributed by atoms with van der Waals surface area (Å²) < 4.78 is 37.4. The van der Waals surface area contributed by atoms with Gasteiger partial charge in [0.1, 0.15) is 0 Å². The van der Waals surface area contributed by atoms with Crippen molar-refractivity contribution in [3.63, 3.8) is 0 Å². The van der Waals surface area contributed by atoms with Crippen molar-refractivity contribution < 1.29 is 22.8 Å². The highest BCUT2D eigenvalue weighted by Gasteiger charge is 2.29.